The Bertz CT molecular complexity index is 716. The summed E-state index contributed by atoms with van der Waals surface area (Å²) in [6, 6.07) is 11.4. The Morgan fingerprint density at radius 3 is 2.67 bits per heavy atom. The third-order valence-corrected chi connectivity index (χ3v) is 4.29. The first kappa shape index (κ1) is 16.6. The number of anilines is 2. The number of rotatable bonds is 5. The minimum Gasteiger partial charge on any atom is -0.375 e. The summed E-state index contributed by atoms with van der Waals surface area (Å²) in [4.78, 5) is 20.9. The predicted octanol–water partition coefficient (Wildman–Crippen LogP) is 4.00. The van der Waals surface area contributed by atoms with Crippen LogP contribution < -0.4 is 10.2 Å². The molecule has 0 spiro atoms. The lowest BCUT2D eigenvalue weighted by molar-refractivity contribution is 0.205. The highest BCUT2D eigenvalue weighted by atomic mass is 35.5. The predicted molar refractivity (Wildman–Crippen MR) is 97.6 cm³/mol. The van der Waals surface area contributed by atoms with Gasteiger partial charge in [0, 0.05) is 26.3 Å². The number of para-hydroxylation sites is 1. The topological polar surface area (TPSA) is 48.5 Å². The highest BCUT2D eigenvalue weighted by molar-refractivity contribution is 6.34. The van der Waals surface area contributed by atoms with Crippen LogP contribution in [0.1, 0.15) is 18.5 Å². The summed E-state index contributed by atoms with van der Waals surface area (Å²) >= 11 is 6.28. The molecule has 2 amide bonds. The molecule has 126 valence electrons. The summed E-state index contributed by atoms with van der Waals surface area (Å²) in [5.41, 5.74) is 2.41. The molecule has 1 aromatic heterocycles. The van der Waals surface area contributed by atoms with Crippen molar-refractivity contribution in [3.05, 3.63) is 53.3 Å². The van der Waals surface area contributed by atoms with E-state index in [0.29, 0.717) is 17.3 Å². The smallest absolute Gasteiger partial charge is 0.322 e. The van der Waals surface area contributed by atoms with Gasteiger partial charge in [-0.15, -0.1) is 0 Å². The van der Waals surface area contributed by atoms with Gasteiger partial charge in [-0.25, -0.2) is 4.79 Å². The van der Waals surface area contributed by atoms with E-state index in [0.717, 1.165) is 24.2 Å². The normalized spacial score (nSPS) is 13.5. The second kappa shape index (κ2) is 7.09. The van der Waals surface area contributed by atoms with Gasteiger partial charge in [0.2, 0.25) is 0 Å². The second-order valence-electron chi connectivity index (χ2n) is 6.14. The Labute approximate surface area is 147 Å². The molecule has 1 saturated carbocycles. The minimum absolute atomic E-state index is 0.117. The van der Waals surface area contributed by atoms with E-state index in [1.54, 1.807) is 6.20 Å². The fourth-order valence-electron chi connectivity index (χ4n) is 2.68. The summed E-state index contributed by atoms with van der Waals surface area (Å²) in [6.45, 7) is 0.509. The number of carbonyl (C=O) groups is 1. The highest BCUT2D eigenvalue weighted by Gasteiger charge is 2.33. The SMILES string of the molecule is CN(C)c1c(Cl)cccc1NC(=O)N(Cc1ccccn1)C1CC1. The molecule has 3 rings (SSSR count). The van der Waals surface area contributed by atoms with Crippen molar-refractivity contribution < 1.29 is 4.79 Å². The van der Waals surface area contributed by atoms with Crippen molar-refractivity contribution in [1.82, 2.24) is 9.88 Å². The zero-order chi connectivity index (χ0) is 17.1. The molecule has 0 aliphatic heterocycles. The minimum atomic E-state index is -0.117. The summed E-state index contributed by atoms with van der Waals surface area (Å²) in [6.07, 6.45) is 3.83. The number of nitrogens with one attached hydrogen (secondary N) is 1. The summed E-state index contributed by atoms with van der Waals surface area (Å²) in [5, 5.41) is 3.62. The fourth-order valence-corrected chi connectivity index (χ4v) is 3.02. The van der Waals surface area contributed by atoms with Gasteiger partial charge in [0.25, 0.3) is 0 Å². The molecule has 2 aromatic rings. The molecular formula is C18H21ClN4O. The number of hydrogen-bond donors (Lipinski definition) is 1. The maximum atomic E-state index is 12.8. The van der Waals surface area contributed by atoms with Gasteiger partial charge in [0.15, 0.2) is 0 Å². The molecule has 1 fully saturated rings. The second-order valence-corrected chi connectivity index (χ2v) is 6.55. The maximum absolute atomic E-state index is 12.8. The number of halogens is 1. The van der Waals surface area contributed by atoms with Crippen molar-refractivity contribution in [3.8, 4) is 0 Å². The summed E-state index contributed by atoms with van der Waals surface area (Å²) < 4.78 is 0. The van der Waals surface area contributed by atoms with Crippen LogP contribution in [-0.4, -0.2) is 36.1 Å². The molecule has 0 radical (unpaired) electrons. The number of aromatic nitrogens is 1. The van der Waals surface area contributed by atoms with Crippen molar-refractivity contribution in [2.75, 3.05) is 24.3 Å². The Kier molecular flexibility index (Phi) is 4.90. The van der Waals surface area contributed by atoms with Gasteiger partial charge in [-0.1, -0.05) is 23.7 Å². The van der Waals surface area contributed by atoms with Crippen LogP contribution in [0.4, 0.5) is 16.2 Å². The first-order valence-corrected chi connectivity index (χ1v) is 8.37. The monoisotopic (exact) mass is 344 g/mol. The zero-order valence-corrected chi connectivity index (χ0v) is 14.6. The van der Waals surface area contributed by atoms with Crippen molar-refractivity contribution in [2.24, 2.45) is 0 Å². The van der Waals surface area contributed by atoms with Crippen LogP contribution in [0.5, 0.6) is 0 Å². The molecule has 24 heavy (non-hydrogen) atoms. The van der Waals surface area contributed by atoms with E-state index in [1.165, 1.54) is 0 Å². The number of nitrogens with zero attached hydrogens (tertiary/aromatic N) is 3. The van der Waals surface area contributed by atoms with Crippen molar-refractivity contribution >= 4 is 29.0 Å². The van der Waals surface area contributed by atoms with E-state index in [1.807, 2.05) is 60.3 Å². The number of benzene rings is 1. The molecule has 1 heterocycles. The molecule has 0 unspecified atom stereocenters. The average molecular weight is 345 g/mol. The molecule has 5 nitrogen and oxygen atoms in total. The van der Waals surface area contributed by atoms with Crippen molar-refractivity contribution in [3.63, 3.8) is 0 Å². The average Bonchev–Trinajstić information content (AvgIpc) is 3.38. The van der Waals surface area contributed by atoms with Gasteiger partial charge >= 0.3 is 6.03 Å². The lowest BCUT2D eigenvalue weighted by atomic mass is 10.2. The molecule has 1 aromatic carbocycles. The maximum Gasteiger partial charge on any atom is 0.322 e. The van der Waals surface area contributed by atoms with Gasteiger partial charge in [-0.2, -0.15) is 0 Å². The van der Waals surface area contributed by atoms with E-state index >= 15 is 0 Å². The number of carbonyl (C=O) groups excluding carboxylic acids is 1. The zero-order valence-electron chi connectivity index (χ0n) is 13.9. The van der Waals surface area contributed by atoms with E-state index in [4.69, 9.17) is 11.6 Å². The van der Waals surface area contributed by atoms with Crippen LogP contribution in [-0.2, 0) is 6.54 Å². The number of urea groups is 1. The summed E-state index contributed by atoms with van der Waals surface area (Å²) in [7, 11) is 3.81. The number of hydrogen-bond acceptors (Lipinski definition) is 3. The van der Waals surface area contributed by atoms with Crippen LogP contribution in [0.3, 0.4) is 0 Å². The number of pyridine rings is 1. The molecular weight excluding hydrogens is 324 g/mol. The van der Waals surface area contributed by atoms with Crippen molar-refractivity contribution in [1.29, 1.82) is 0 Å². The quantitative estimate of drug-likeness (QED) is 0.891. The van der Waals surface area contributed by atoms with Gasteiger partial charge in [-0.3, -0.25) is 4.98 Å². The Balaban J connectivity index is 1.79. The Morgan fingerprint density at radius 2 is 2.04 bits per heavy atom. The van der Waals surface area contributed by atoms with Gasteiger partial charge in [-0.05, 0) is 37.1 Å². The first-order chi connectivity index (χ1) is 11.6. The van der Waals surface area contributed by atoms with Gasteiger partial charge in [0.05, 0.1) is 28.6 Å². The van der Waals surface area contributed by atoms with E-state index < -0.39 is 0 Å². The standard InChI is InChI=1S/C18H21ClN4O/c1-22(2)17-15(19)7-5-8-16(17)21-18(24)23(14-9-10-14)12-13-6-3-4-11-20-13/h3-8,11,14H,9-10,12H2,1-2H3,(H,21,24). The van der Waals surface area contributed by atoms with Gasteiger partial charge in [0.1, 0.15) is 0 Å². The highest BCUT2D eigenvalue weighted by Crippen LogP contribution is 2.34. The Morgan fingerprint density at radius 1 is 1.25 bits per heavy atom. The largest absolute Gasteiger partial charge is 0.375 e. The third kappa shape index (κ3) is 3.79. The van der Waals surface area contributed by atoms with Crippen LogP contribution in [0, 0.1) is 0 Å². The van der Waals surface area contributed by atoms with Crippen LogP contribution in [0.25, 0.3) is 0 Å². The van der Waals surface area contributed by atoms with E-state index in [2.05, 4.69) is 10.3 Å². The summed E-state index contributed by atoms with van der Waals surface area (Å²) in [5.74, 6) is 0. The van der Waals surface area contributed by atoms with E-state index in [9.17, 15) is 4.79 Å². The van der Waals surface area contributed by atoms with Crippen LogP contribution >= 0.6 is 11.6 Å². The fraction of sp³-hybridized carbons (Fsp3) is 0.333. The molecule has 6 heteroatoms. The molecule has 0 saturated heterocycles. The molecule has 0 bridgehead atoms. The Hall–Kier alpha value is -2.27. The lowest BCUT2D eigenvalue weighted by Gasteiger charge is -2.25. The third-order valence-electron chi connectivity index (χ3n) is 3.98. The van der Waals surface area contributed by atoms with Crippen LogP contribution in [0.2, 0.25) is 5.02 Å². The lowest BCUT2D eigenvalue weighted by Crippen LogP contribution is -2.36. The molecule has 1 aliphatic carbocycles. The molecule has 1 N–H and O–H groups in total. The number of amides is 2. The van der Waals surface area contributed by atoms with Crippen molar-refractivity contribution in [2.45, 2.75) is 25.4 Å². The molecule has 1 aliphatic rings. The first-order valence-electron chi connectivity index (χ1n) is 7.99. The molecule has 0 atom stereocenters. The van der Waals surface area contributed by atoms with Crippen LogP contribution in [0.15, 0.2) is 42.6 Å². The van der Waals surface area contributed by atoms with E-state index in [-0.39, 0.29) is 12.1 Å². The van der Waals surface area contributed by atoms with Gasteiger partial charge < -0.3 is 15.1 Å².